The highest BCUT2D eigenvalue weighted by molar-refractivity contribution is 7.92. The summed E-state index contributed by atoms with van der Waals surface area (Å²) in [6, 6.07) is 7.09. The fourth-order valence-electron chi connectivity index (χ4n) is 4.29. The number of aliphatic hydroxyl groups is 1. The van der Waals surface area contributed by atoms with Crippen molar-refractivity contribution in [3.8, 4) is 0 Å². The van der Waals surface area contributed by atoms with Crippen LogP contribution in [0.25, 0.3) is 0 Å². The second-order valence-electron chi connectivity index (χ2n) is 9.89. The van der Waals surface area contributed by atoms with E-state index >= 15 is 0 Å². The summed E-state index contributed by atoms with van der Waals surface area (Å²) in [5.41, 5.74) is 0.576. The summed E-state index contributed by atoms with van der Waals surface area (Å²) >= 11 is 5.91. The lowest BCUT2D eigenvalue weighted by atomic mass is 10.0. The van der Waals surface area contributed by atoms with Crippen LogP contribution in [0, 0.1) is 0 Å². The van der Waals surface area contributed by atoms with Gasteiger partial charge >= 0.3 is 0 Å². The molecule has 1 aliphatic carbocycles. The molecule has 9 nitrogen and oxygen atoms in total. The van der Waals surface area contributed by atoms with Crippen LogP contribution in [-0.4, -0.2) is 69.7 Å². The minimum absolute atomic E-state index is 0.0105. The third-order valence-electron chi connectivity index (χ3n) is 6.36. The SMILES string of the molecule is CC(C)(O)Cn1nc(C(=O)NCc2ccc(Cl)cc2)c2c1C(=O)N(CC1(S(C)(=O)=O)CC1)CC2. The van der Waals surface area contributed by atoms with Gasteiger partial charge in [-0.15, -0.1) is 0 Å². The second-order valence-corrected chi connectivity index (χ2v) is 12.7. The summed E-state index contributed by atoms with van der Waals surface area (Å²) in [5, 5.41) is 18.2. The van der Waals surface area contributed by atoms with Gasteiger partial charge in [0, 0.05) is 36.5 Å². The summed E-state index contributed by atoms with van der Waals surface area (Å²) < 4.78 is 25.0. The zero-order chi connectivity index (χ0) is 24.9. The van der Waals surface area contributed by atoms with Crippen LogP contribution in [0.4, 0.5) is 0 Å². The molecule has 0 unspecified atom stereocenters. The summed E-state index contributed by atoms with van der Waals surface area (Å²) in [6.07, 6.45) is 2.64. The molecule has 2 amide bonds. The van der Waals surface area contributed by atoms with Crippen LogP contribution in [0.15, 0.2) is 24.3 Å². The third kappa shape index (κ3) is 4.99. The first-order chi connectivity index (χ1) is 15.8. The van der Waals surface area contributed by atoms with Crippen molar-refractivity contribution in [1.82, 2.24) is 20.0 Å². The van der Waals surface area contributed by atoms with Crippen LogP contribution in [0.1, 0.15) is 58.8 Å². The van der Waals surface area contributed by atoms with Gasteiger partial charge in [-0.05, 0) is 50.8 Å². The van der Waals surface area contributed by atoms with Crippen molar-refractivity contribution in [3.05, 3.63) is 51.8 Å². The average molecular weight is 509 g/mol. The van der Waals surface area contributed by atoms with Gasteiger partial charge in [0.25, 0.3) is 11.8 Å². The van der Waals surface area contributed by atoms with Gasteiger partial charge in [-0.3, -0.25) is 14.3 Å². The lowest BCUT2D eigenvalue weighted by Crippen LogP contribution is -2.46. The second kappa shape index (κ2) is 8.66. The number of carbonyl (C=O) groups excluding carboxylic acids is 2. The molecule has 0 radical (unpaired) electrons. The number of fused-ring (bicyclic) bond motifs is 1. The Kier molecular flexibility index (Phi) is 6.28. The maximum atomic E-state index is 13.4. The van der Waals surface area contributed by atoms with Crippen molar-refractivity contribution in [2.24, 2.45) is 0 Å². The molecular weight excluding hydrogens is 480 g/mol. The lowest BCUT2D eigenvalue weighted by molar-refractivity contribution is 0.0535. The fraction of sp³-hybridized carbons (Fsp3) is 0.522. The Bertz CT molecular complexity index is 1230. The van der Waals surface area contributed by atoms with E-state index in [1.807, 2.05) is 12.1 Å². The number of hydrogen-bond acceptors (Lipinski definition) is 6. The topological polar surface area (TPSA) is 122 Å². The third-order valence-corrected chi connectivity index (χ3v) is 8.73. The molecule has 1 aromatic carbocycles. The van der Waals surface area contributed by atoms with Gasteiger partial charge in [0.2, 0.25) is 0 Å². The highest BCUT2D eigenvalue weighted by atomic mass is 35.5. The summed E-state index contributed by atoms with van der Waals surface area (Å²) in [5.74, 6) is -0.790. The van der Waals surface area contributed by atoms with Crippen LogP contribution in [0.5, 0.6) is 0 Å². The predicted molar refractivity (Wildman–Crippen MR) is 128 cm³/mol. The first-order valence-electron chi connectivity index (χ1n) is 11.1. The standard InChI is InChI=1S/C23H29ClN4O5S/c1-22(2,31)13-28-19-17(8-11-27(21(19)30)14-23(9-10-23)34(3,32)33)18(26-28)20(29)25-12-15-4-6-16(24)7-5-15/h4-7,31H,8-14H2,1-3H3,(H,25,29). The molecule has 11 heteroatoms. The molecule has 184 valence electrons. The molecule has 1 saturated carbocycles. The zero-order valence-electron chi connectivity index (χ0n) is 19.5. The summed E-state index contributed by atoms with van der Waals surface area (Å²) in [4.78, 5) is 28.0. The van der Waals surface area contributed by atoms with Gasteiger partial charge in [-0.25, -0.2) is 8.42 Å². The number of nitrogens with one attached hydrogen (secondary N) is 1. The number of aromatic nitrogens is 2. The van der Waals surface area contributed by atoms with Crippen LogP contribution in [0.2, 0.25) is 5.02 Å². The average Bonchev–Trinajstić information content (AvgIpc) is 3.44. The number of halogens is 1. The van der Waals surface area contributed by atoms with E-state index in [4.69, 9.17) is 11.6 Å². The quantitative estimate of drug-likeness (QED) is 0.561. The number of hydrogen-bond donors (Lipinski definition) is 2. The van der Waals surface area contributed by atoms with Crippen LogP contribution in [0.3, 0.4) is 0 Å². The van der Waals surface area contributed by atoms with E-state index in [9.17, 15) is 23.1 Å². The van der Waals surface area contributed by atoms with Gasteiger partial charge in [-0.1, -0.05) is 23.7 Å². The molecule has 2 N–H and O–H groups in total. The van der Waals surface area contributed by atoms with E-state index in [0.717, 1.165) is 5.56 Å². The molecule has 0 atom stereocenters. The van der Waals surface area contributed by atoms with Gasteiger partial charge in [-0.2, -0.15) is 5.10 Å². The fourth-order valence-corrected chi connectivity index (χ4v) is 5.65. The van der Waals surface area contributed by atoms with Crippen molar-refractivity contribution < 1.29 is 23.1 Å². The zero-order valence-corrected chi connectivity index (χ0v) is 21.0. The Morgan fingerprint density at radius 3 is 2.47 bits per heavy atom. The predicted octanol–water partition coefficient (Wildman–Crippen LogP) is 1.81. The molecule has 1 aliphatic heterocycles. The normalized spacial score (nSPS) is 17.4. The molecule has 34 heavy (non-hydrogen) atoms. The van der Waals surface area contributed by atoms with Crippen molar-refractivity contribution >= 4 is 33.3 Å². The Morgan fingerprint density at radius 1 is 1.26 bits per heavy atom. The number of amides is 2. The van der Waals surface area contributed by atoms with Crippen molar-refractivity contribution in [2.75, 3.05) is 19.3 Å². The Hall–Kier alpha value is -2.43. The van der Waals surface area contributed by atoms with Crippen molar-refractivity contribution in [3.63, 3.8) is 0 Å². The Balaban J connectivity index is 1.61. The summed E-state index contributed by atoms with van der Waals surface area (Å²) in [6.45, 7) is 3.88. The van der Waals surface area contributed by atoms with Gasteiger partial charge in [0.15, 0.2) is 15.5 Å². The number of rotatable bonds is 8. The van der Waals surface area contributed by atoms with Gasteiger partial charge < -0.3 is 15.3 Å². The largest absolute Gasteiger partial charge is 0.389 e. The maximum Gasteiger partial charge on any atom is 0.272 e. The molecule has 2 aromatic rings. The van der Waals surface area contributed by atoms with E-state index in [-0.39, 0.29) is 36.9 Å². The monoisotopic (exact) mass is 508 g/mol. The molecule has 4 rings (SSSR count). The first-order valence-corrected chi connectivity index (χ1v) is 13.4. The first kappa shape index (κ1) is 24.7. The van der Waals surface area contributed by atoms with Gasteiger partial charge in [0.05, 0.1) is 16.9 Å². The lowest BCUT2D eigenvalue weighted by Gasteiger charge is -2.31. The number of benzene rings is 1. The Labute approximate surface area is 204 Å². The molecule has 1 fully saturated rings. The minimum atomic E-state index is -3.30. The molecule has 2 aliphatic rings. The van der Waals surface area contributed by atoms with E-state index in [2.05, 4.69) is 10.4 Å². The van der Waals surface area contributed by atoms with Gasteiger partial charge in [0.1, 0.15) is 5.69 Å². The van der Waals surface area contributed by atoms with Crippen LogP contribution >= 0.6 is 11.6 Å². The minimum Gasteiger partial charge on any atom is -0.389 e. The van der Waals surface area contributed by atoms with Crippen molar-refractivity contribution in [2.45, 2.75) is 56.5 Å². The molecule has 2 heterocycles. The molecular formula is C23H29ClN4O5S. The van der Waals surface area contributed by atoms with E-state index < -0.39 is 26.1 Å². The smallest absolute Gasteiger partial charge is 0.272 e. The van der Waals surface area contributed by atoms with E-state index in [1.165, 1.54) is 15.8 Å². The Morgan fingerprint density at radius 2 is 1.91 bits per heavy atom. The highest BCUT2D eigenvalue weighted by Gasteiger charge is 2.54. The number of nitrogens with zero attached hydrogens (tertiary/aromatic N) is 3. The molecule has 0 spiro atoms. The van der Waals surface area contributed by atoms with E-state index in [1.54, 1.807) is 26.0 Å². The van der Waals surface area contributed by atoms with Crippen LogP contribution in [-0.2, 0) is 29.3 Å². The number of carbonyl (C=O) groups is 2. The van der Waals surface area contributed by atoms with Crippen molar-refractivity contribution in [1.29, 1.82) is 0 Å². The molecule has 0 saturated heterocycles. The van der Waals surface area contributed by atoms with Crippen LogP contribution < -0.4 is 5.32 Å². The molecule has 1 aromatic heterocycles. The maximum absolute atomic E-state index is 13.4. The molecule has 0 bridgehead atoms. The summed E-state index contributed by atoms with van der Waals surface area (Å²) in [7, 11) is -3.30. The number of sulfone groups is 1. The van der Waals surface area contributed by atoms with E-state index in [0.29, 0.717) is 36.4 Å². The highest BCUT2D eigenvalue weighted by Crippen LogP contribution is 2.44.